The van der Waals surface area contributed by atoms with Gasteiger partial charge in [-0.2, -0.15) is 0 Å². The molecule has 1 fully saturated rings. The molecule has 1 saturated heterocycles. The highest BCUT2D eigenvalue weighted by Gasteiger charge is 2.25. The van der Waals surface area contributed by atoms with E-state index in [-0.39, 0.29) is 12.1 Å². The second-order valence-corrected chi connectivity index (χ2v) is 7.73. The van der Waals surface area contributed by atoms with E-state index in [2.05, 4.69) is 48.0 Å². The van der Waals surface area contributed by atoms with E-state index < -0.39 is 0 Å². The number of H-pyrrole nitrogens is 1. The van der Waals surface area contributed by atoms with Crippen LogP contribution in [0.3, 0.4) is 0 Å². The van der Waals surface area contributed by atoms with Crippen molar-refractivity contribution in [2.24, 2.45) is 5.41 Å². The third-order valence-electron chi connectivity index (χ3n) is 4.56. The Labute approximate surface area is 144 Å². The number of fused-ring (bicyclic) bond motifs is 1. The number of rotatable bonds is 2. The molecule has 2 aromatic rings. The molecule has 2 unspecified atom stereocenters. The molecule has 1 aliphatic heterocycles. The lowest BCUT2D eigenvalue weighted by molar-refractivity contribution is -0.0406. The van der Waals surface area contributed by atoms with Crippen molar-refractivity contribution >= 4 is 16.9 Å². The van der Waals surface area contributed by atoms with Crippen LogP contribution in [0.2, 0.25) is 0 Å². The molecule has 0 bridgehead atoms. The summed E-state index contributed by atoms with van der Waals surface area (Å²) in [6, 6.07) is 2.04. The number of nitrogens with one attached hydrogen (secondary N) is 2. The number of aromatic amines is 1. The van der Waals surface area contributed by atoms with Crippen LogP contribution >= 0.6 is 0 Å². The summed E-state index contributed by atoms with van der Waals surface area (Å²) in [7, 11) is 0. The van der Waals surface area contributed by atoms with Gasteiger partial charge in [0.15, 0.2) is 0 Å². The van der Waals surface area contributed by atoms with E-state index in [0.29, 0.717) is 12.0 Å². The lowest BCUT2D eigenvalue weighted by Gasteiger charge is -2.32. The van der Waals surface area contributed by atoms with Crippen LogP contribution in [-0.2, 0) is 0 Å². The maximum absolute atomic E-state index is 13.5. The third kappa shape index (κ3) is 5.16. The fraction of sp³-hybridized carbons (Fsp3) is 0.667. The molecule has 0 amide bonds. The third-order valence-corrected chi connectivity index (χ3v) is 4.56. The van der Waals surface area contributed by atoms with E-state index in [1.54, 1.807) is 0 Å². The first kappa shape index (κ1) is 18.6. The molecule has 2 N–H and O–H groups in total. The maximum atomic E-state index is 13.5. The van der Waals surface area contributed by atoms with Crippen molar-refractivity contribution in [1.82, 2.24) is 20.1 Å². The van der Waals surface area contributed by atoms with Crippen LogP contribution < -0.4 is 5.32 Å². The van der Waals surface area contributed by atoms with E-state index in [0.717, 1.165) is 34.8 Å². The Bertz CT molecular complexity index is 634. The normalized spacial score (nSPS) is 22.1. The minimum Gasteiger partial charge on any atom is -0.365 e. The van der Waals surface area contributed by atoms with E-state index in [1.807, 2.05) is 19.2 Å². The van der Waals surface area contributed by atoms with Crippen molar-refractivity contribution in [3.8, 4) is 0 Å². The van der Waals surface area contributed by atoms with E-state index in [4.69, 9.17) is 0 Å². The summed E-state index contributed by atoms with van der Waals surface area (Å²) in [5, 5.41) is 5.15. The van der Waals surface area contributed by atoms with Gasteiger partial charge in [0.25, 0.3) is 0 Å². The molecule has 134 valence electrons. The largest absolute Gasteiger partial charge is 0.365 e. The van der Waals surface area contributed by atoms with Gasteiger partial charge < -0.3 is 10.3 Å². The van der Waals surface area contributed by atoms with Crippen LogP contribution in [0.1, 0.15) is 53.9 Å². The molecule has 2 atom stereocenters. The molecule has 3 heterocycles. The Morgan fingerprint density at radius 1 is 1.33 bits per heavy atom. The van der Waals surface area contributed by atoms with Gasteiger partial charge in [-0.1, -0.05) is 34.1 Å². The number of aromatic nitrogens is 3. The Hall–Kier alpha value is -1.69. The predicted molar refractivity (Wildman–Crippen MR) is 97.6 cm³/mol. The standard InChI is InChI=1S/C12H16FN5.C6H14/c1-8-2-3-9(6-18(8)13)17-12-10-4-5-14-11(10)15-7-16-12;1-5-6(2,3)4/h4-5,7-9H,2-3,6H2,1H3,(H2,14,15,16,17);5H2,1-4H3. The van der Waals surface area contributed by atoms with Gasteiger partial charge in [-0.05, 0) is 31.2 Å². The molecular formula is C18H30FN5. The highest BCUT2D eigenvalue weighted by atomic mass is 19.2. The number of anilines is 1. The van der Waals surface area contributed by atoms with Crippen molar-refractivity contribution in [3.05, 3.63) is 18.6 Å². The molecule has 24 heavy (non-hydrogen) atoms. The molecule has 0 radical (unpaired) electrons. The van der Waals surface area contributed by atoms with Gasteiger partial charge in [-0.25, -0.2) is 9.97 Å². The summed E-state index contributed by atoms with van der Waals surface area (Å²) >= 11 is 0. The van der Waals surface area contributed by atoms with E-state index in [9.17, 15) is 4.48 Å². The first-order chi connectivity index (χ1) is 11.3. The maximum Gasteiger partial charge on any atom is 0.142 e. The molecule has 5 nitrogen and oxygen atoms in total. The molecule has 6 heteroatoms. The monoisotopic (exact) mass is 335 g/mol. The Kier molecular flexibility index (Phi) is 6.15. The quantitative estimate of drug-likeness (QED) is 0.791. The van der Waals surface area contributed by atoms with Gasteiger partial charge in [-0.15, -0.1) is 9.60 Å². The summed E-state index contributed by atoms with van der Waals surface area (Å²) in [5.41, 5.74) is 1.34. The highest BCUT2D eigenvalue weighted by molar-refractivity contribution is 5.86. The van der Waals surface area contributed by atoms with E-state index >= 15 is 0 Å². The summed E-state index contributed by atoms with van der Waals surface area (Å²) in [6.45, 7) is 11.2. The average molecular weight is 335 g/mol. The number of piperidine rings is 1. The fourth-order valence-electron chi connectivity index (χ4n) is 2.36. The Morgan fingerprint density at radius 2 is 2.04 bits per heavy atom. The predicted octanol–water partition coefficient (Wildman–Crippen LogP) is 4.55. The molecule has 0 spiro atoms. The summed E-state index contributed by atoms with van der Waals surface area (Å²) in [4.78, 5) is 11.4. The van der Waals surface area contributed by atoms with Gasteiger partial charge in [-0.3, -0.25) is 0 Å². The molecule has 0 aliphatic carbocycles. The Balaban J connectivity index is 0.000000301. The Morgan fingerprint density at radius 3 is 2.67 bits per heavy atom. The second kappa shape index (κ2) is 7.92. The van der Waals surface area contributed by atoms with E-state index in [1.165, 1.54) is 12.7 Å². The van der Waals surface area contributed by atoms with Crippen LogP contribution in [0.4, 0.5) is 10.3 Å². The summed E-state index contributed by atoms with van der Waals surface area (Å²) in [6.07, 6.45) is 6.43. The SMILES string of the molecule is CC1CCC(Nc2ncnc3[nH]ccc23)CN1F.CCC(C)(C)C. The van der Waals surface area contributed by atoms with Crippen LogP contribution in [0.5, 0.6) is 0 Å². The van der Waals surface area contributed by atoms with Gasteiger partial charge >= 0.3 is 0 Å². The molecule has 0 saturated carbocycles. The minimum absolute atomic E-state index is 0.0146. The smallest absolute Gasteiger partial charge is 0.142 e. The number of halogens is 1. The summed E-state index contributed by atoms with van der Waals surface area (Å²) < 4.78 is 13.5. The second-order valence-electron chi connectivity index (χ2n) is 7.73. The molecule has 3 rings (SSSR count). The van der Waals surface area contributed by atoms with Gasteiger partial charge in [0.2, 0.25) is 0 Å². The minimum atomic E-state index is 0.0146. The number of hydrogen-bond donors (Lipinski definition) is 2. The van der Waals surface area contributed by atoms with Crippen molar-refractivity contribution in [3.63, 3.8) is 0 Å². The van der Waals surface area contributed by atoms with Crippen molar-refractivity contribution in [2.75, 3.05) is 11.9 Å². The fourth-order valence-corrected chi connectivity index (χ4v) is 2.36. The van der Waals surface area contributed by atoms with Crippen LogP contribution in [-0.4, -0.2) is 38.7 Å². The van der Waals surface area contributed by atoms with Crippen molar-refractivity contribution in [1.29, 1.82) is 0 Å². The van der Waals surface area contributed by atoms with Gasteiger partial charge in [0.05, 0.1) is 5.39 Å². The first-order valence-electron chi connectivity index (χ1n) is 8.77. The van der Waals surface area contributed by atoms with Gasteiger partial charge in [0.1, 0.15) is 17.8 Å². The highest BCUT2D eigenvalue weighted by Crippen LogP contribution is 2.23. The lowest BCUT2D eigenvalue weighted by Crippen LogP contribution is -2.42. The van der Waals surface area contributed by atoms with Crippen LogP contribution in [0.15, 0.2) is 18.6 Å². The topological polar surface area (TPSA) is 56.8 Å². The first-order valence-corrected chi connectivity index (χ1v) is 8.77. The zero-order chi connectivity index (χ0) is 17.7. The summed E-state index contributed by atoms with van der Waals surface area (Å²) in [5.74, 6) is 0.772. The van der Waals surface area contributed by atoms with Crippen molar-refractivity contribution in [2.45, 2.75) is 66.0 Å². The van der Waals surface area contributed by atoms with Gasteiger partial charge in [0, 0.05) is 24.8 Å². The van der Waals surface area contributed by atoms with Crippen LogP contribution in [0, 0.1) is 5.41 Å². The number of nitrogens with zero attached hydrogens (tertiary/aromatic N) is 3. The van der Waals surface area contributed by atoms with Crippen LogP contribution in [0.25, 0.3) is 11.0 Å². The average Bonchev–Trinajstić information content (AvgIpc) is 3.00. The molecular weight excluding hydrogens is 305 g/mol. The van der Waals surface area contributed by atoms with Crippen molar-refractivity contribution < 1.29 is 4.48 Å². The lowest BCUT2D eigenvalue weighted by atomic mass is 9.94. The molecule has 0 aromatic carbocycles. The molecule has 2 aromatic heterocycles. The zero-order valence-corrected chi connectivity index (χ0v) is 15.4. The number of hydrogen-bond acceptors (Lipinski definition) is 4. The zero-order valence-electron chi connectivity index (χ0n) is 15.4. The molecule has 1 aliphatic rings.